The Balaban J connectivity index is 2.28. The number of nitrogens with zero attached hydrogens (tertiary/aromatic N) is 5. The molecule has 0 aliphatic carbocycles. The van der Waals surface area contributed by atoms with Crippen LogP contribution in [0.5, 0.6) is 0 Å². The topological polar surface area (TPSA) is 81.7 Å². The zero-order valence-corrected chi connectivity index (χ0v) is 16.7. The summed E-state index contributed by atoms with van der Waals surface area (Å²) in [5.41, 5.74) is 0.709. The Morgan fingerprint density at radius 2 is 1.88 bits per heavy atom. The molecule has 0 saturated carbocycles. The first-order valence-electron chi connectivity index (χ1n) is 8.79. The predicted molar refractivity (Wildman–Crippen MR) is 99.6 cm³/mol. The molecule has 142 valence electrons. The molecule has 25 heavy (non-hydrogen) atoms. The smallest absolute Gasteiger partial charge is 0.282 e. The third-order valence-electron chi connectivity index (χ3n) is 4.42. The van der Waals surface area contributed by atoms with Crippen molar-refractivity contribution in [3.8, 4) is 0 Å². The molecule has 1 unspecified atom stereocenters. The van der Waals surface area contributed by atoms with Crippen LogP contribution in [0.25, 0.3) is 0 Å². The lowest BCUT2D eigenvalue weighted by molar-refractivity contribution is 0.372. The van der Waals surface area contributed by atoms with Crippen LogP contribution in [0.3, 0.4) is 0 Å². The highest BCUT2D eigenvalue weighted by atomic mass is 32.2. The molecule has 1 aliphatic rings. The maximum absolute atomic E-state index is 12.6. The summed E-state index contributed by atoms with van der Waals surface area (Å²) in [6.45, 7) is 5.77. The maximum atomic E-state index is 12.6. The summed E-state index contributed by atoms with van der Waals surface area (Å²) in [4.78, 5) is 11.2. The van der Waals surface area contributed by atoms with Crippen molar-refractivity contribution in [1.29, 1.82) is 0 Å². The molecule has 1 aromatic rings. The van der Waals surface area contributed by atoms with Gasteiger partial charge in [0.15, 0.2) is 0 Å². The molecule has 1 aromatic heterocycles. The van der Waals surface area contributed by atoms with Gasteiger partial charge in [0.25, 0.3) is 10.2 Å². The quantitative estimate of drug-likeness (QED) is 0.735. The average molecular weight is 371 g/mol. The van der Waals surface area contributed by atoms with Gasteiger partial charge in [-0.25, -0.2) is 9.97 Å². The molecule has 9 heteroatoms. The number of aromatic nitrogens is 2. The van der Waals surface area contributed by atoms with Crippen molar-refractivity contribution < 1.29 is 8.42 Å². The van der Waals surface area contributed by atoms with E-state index in [2.05, 4.69) is 15.3 Å². The lowest BCUT2D eigenvalue weighted by Crippen LogP contribution is -2.41. The molecule has 2 heterocycles. The van der Waals surface area contributed by atoms with Crippen LogP contribution < -0.4 is 10.2 Å². The van der Waals surface area contributed by atoms with Crippen molar-refractivity contribution in [2.24, 2.45) is 0 Å². The van der Waals surface area contributed by atoms with E-state index in [1.54, 1.807) is 7.05 Å². The van der Waals surface area contributed by atoms with E-state index in [0.717, 1.165) is 31.0 Å². The summed E-state index contributed by atoms with van der Waals surface area (Å²) in [7, 11) is 1.96. The summed E-state index contributed by atoms with van der Waals surface area (Å²) in [6, 6.07) is 2.00. The minimum Gasteiger partial charge on any atom is -0.363 e. The molecule has 1 aliphatic heterocycles. The van der Waals surface area contributed by atoms with Crippen LogP contribution in [0.4, 0.5) is 5.82 Å². The predicted octanol–water partition coefficient (Wildman–Crippen LogP) is 0.986. The second-order valence-corrected chi connectivity index (χ2v) is 8.50. The molecule has 0 amide bonds. The highest BCUT2D eigenvalue weighted by molar-refractivity contribution is 7.86. The lowest BCUT2D eigenvalue weighted by atomic mass is 10.2. The van der Waals surface area contributed by atoms with Crippen LogP contribution in [0.1, 0.15) is 44.2 Å². The Morgan fingerprint density at radius 1 is 1.20 bits per heavy atom. The Bertz CT molecular complexity index is 669. The van der Waals surface area contributed by atoms with Gasteiger partial charge < -0.3 is 10.2 Å². The molecule has 8 nitrogen and oxygen atoms in total. The Hall–Kier alpha value is -1.29. The fourth-order valence-electron chi connectivity index (χ4n) is 2.93. The van der Waals surface area contributed by atoms with Crippen molar-refractivity contribution in [1.82, 2.24) is 23.9 Å². The number of rotatable bonds is 8. The molecule has 0 bridgehead atoms. The van der Waals surface area contributed by atoms with Gasteiger partial charge in [-0.1, -0.05) is 13.8 Å². The first-order valence-corrected chi connectivity index (χ1v) is 10.2. The third kappa shape index (κ3) is 4.66. The molecule has 1 fully saturated rings. The van der Waals surface area contributed by atoms with E-state index >= 15 is 0 Å². The van der Waals surface area contributed by atoms with E-state index in [1.807, 2.05) is 38.9 Å². The molecule has 1 saturated heterocycles. The van der Waals surface area contributed by atoms with Gasteiger partial charge in [-0.2, -0.15) is 17.0 Å². The zero-order valence-electron chi connectivity index (χ0n) is 15.9. The summed E-state index contributed by atoms with van der Waals surface area (Å²) in [6.07, 6.45) is 2.11. The first-order chi connectivity index (χ1) is 11.8. The normalized spacial score (nSPS) is 18.3. The van der Waals surface area contributed by atoms with Crippen LogP contribution in [0.15, 0.2) is 6.07 Å². The van der Waals surface area contributed by atoms with Gasteiger partial charge in [0.2, 0.25) is 0 Å². The van der Waals surface area contributed by atoms with Crippen molar-refractivity contribution in [3.63, 3.8) is 0 Å². The molecular weight excluding hydrogens is 340 g/mol. The highest BCUT2D eigenvalue weighted by Crippen LogP contribution is 2.23. The first kappa shape index (κ1) is 20.0. The molecule has 1 atom stereocenters. The van der Waals surface area contributed by atoms with E-state index in [4.69, 9.17) is 0 Å². The Morgan fingerprint density at radius 3 is 2.40 bits per heavy atom. The van der Waals surface area contributed by atoms with E-state index in [-0.39, 0.29) is 12.6 Å². The van der Waals surface area contributed by atoms with Gasteiger partial charge in [-0.15, -0.1) is 0 Å². The van der Waals surface area contributed by atoms with Crippen molar-refractivity contribution in [2.45, 2.75) is 39.3 Å². The minimum absolute atomic E-state index is 0.142. The molecule has 0 spiro atoms. The van der Waals surface area contributed by atoms with Gasteiger partial charge >= 0.3 is 0 Å². The monoisotopic (exact) mass is 370 g/mol. The summed E-state index contributed by atoms with van der Waals surface area (Å²) in [5, 5.41) is 3.40. The van der Waals surface area contributed by atoms with Crippen molar-refractivity contribution >= 4 is 16.0 Å². The number of nitrogens with one attached hydrogen (secondary N) is 1. The van der Waals surface area contributed by atoms with E-state index in [9.17, 15) is 8.42 Å². The van der Waals surface area contributed by atoms with Crippen molar-refractivity contribution in [2.75, 3.05) is 45.7 Å². The largest absolute Gasteiger partial charge is 0.363 e. The SMILES string of the molecule is CCN(CC)S(=O)(=O)N(C)Cc1cc(N(C)C)nc(C2CCCN2)n1. The second kappa shape index (κ2) is 8.39. The fraction of sp³-hybridized carbons (Fsp3) is 0.750. The van der Waals surface area contributed by atoms with Gasteiger partial charge in [-0.3, -0.25) is 0 Å². The van der Waals surface area contributed by atoms with Crippen LogP contribution in [-0.4, -0.2) is 67.8 Å². The third-order valence-corrected chi connectivity index (χ3v) is 6.51. The zero-order chi connectivity index (χ0) is 18.6. The minimum atomic E-state index is -3.49. The van der Waals surface area contributed by atoms with Crippen molar-refractivity contribution in [3.05, 3.63) is 17.6 Å². The second-order valence-electron chi connectivity index (χ2n) is 6.47. The average Bonchev–Trinajstić information content (AvgIpc) is 3.09. The van der Waals surface area contributed by atoms with E-state index in [0.29, 0.717) is 18.8 Å². The van der Waals surface area contributed by atoms with Gasteiger partial charge in [-0.05, 0) is 19.4 Å². The van der Waals surface area contributed by atoms with Crippen LogP contribution >= 0.6 is 0 Å². The van der Waals surface area contributed by atoms with Crippen LogP contribution in [-0.2, 0) is 16.8 Å². The number of hydrogen-bond acceptors (Lipinski definition) is 6. The summed E-state index contributed by atoms with van der Waals surface area (Å²) < 4.78 is 28.1. The lowest BCUT2D eigenvalue weighted by Gasteiger charge is -2.26. The highest BCUT2D eigenvalue weighted by Gasteiger charge is 2.26. The van der Waals surface area contributed by atoms with Crippen LogP contribution in [0, 0.1) is 0 Å². The standard InChI is InChI=1S/C16H30N6O2S/c1-6-22(7-2)25(23,24)21(5)12-13-11-15(20(3)4)19-16(18-13)14-9-8-10-17-14/h11,14,17H,6-10,12H2,1-5H3. The number of anilines is 1. The molecule has 2 rings (SSSR count). The van der Waals surface area contributed by atoms with Gasteiger partial charge in [0, 0.05) is 40.3 Å². The van der Waals surface area contributed by atoms with Gasteiger partial charge in [0.1, 0.15) is 11.6 Å². The van der Waals surface area contributed by atoms with E-state index < -0.39 is 10.2 Å². The molecular formula is C16H30N6O2S. The maximum Gasteiger partial charge on any atom is 0.282 e. The van der Waals surface area contributed by atoms with Gasteiger partial charge in [0.05, 0.1) is 18.3 Å². The number of hydrogen-bond donors (Lipinski definition) is 1. The van der Waals surface area contributed by atoms with Crippen LogP contribution in [0.2, 0.25) is 0 Å². The summed E-state index contributed by atoms with van der Waals surface area (Å²) >= 11 is 0. The Kier molecular flexibility index (Phi) is 6.72. The summed E-state index contributed by atoms with van der Waals surface area (Å²) in [5.74, 6) is 1.54. The molecule has 1 N–H and O–H groups in total. The Labute approximate surface area is 151 Å². The molecule has 0 aromatic carbocycles. The molecule has 0 radical (unpaired) electrons. The fourth-order valence-corrected chi connectivity index (χ4v) is 4.27. The van der Waals surface area contributed by atoms with E-state index in [1.165, 1.54) is 8.61 Å².